The summed E-state index contributed by atoms with van der Waals surface area (Å²) in [6.07, 6.45) is 0. The lowest BCUT2D eigenvalue weighted by Gasteiger charge is -2.36. The van der Waals surface area contributed by atoms with E-state index in [-0.39, 0.29) is 11.9 Å². The van der Waals surface area contributed by atoms with Crippen LogP contribution >= 0.6 is 11.6 Å². The first-order chi connectivity index (χ1) is 11.7. The van der Waals surface area contributed by atoms with Gasteiger partial charge in [0.15, 0.2) is 0 Å². The minimum Gasteiger partial charge on any atom is -0.494 e. The number of ether oxygens (including phenoxy) is 1. The highest BCUT2D eigenvalue weighted by Crippen LogP contribution is 2.37. The van der Waals surface area contributed by atoms with Crippen LogP contribution in [0, 0.1) is 5.82 Å². The van der Waals surface area contributed by atoms with E-state index in [2.05, 4.69) is 10.2 Å². The van der Waals surface area contributed by atoms with E-state index in [0.29, 0.717) is 11.6 Å². The molecule has 0 saturated carbocycles. The lowest BCUT2D eigenvalue weighted by Crippen LogP contribution is -2.45. The van der Waals surface area contributed by atoms with Crippen LogP contribution in [0.15, 0.2) is 42.5 Å². The highest BCUT2D eigenvalue weighted by Gasteiger charge is 2.27. The third kappa shape index (κ3) is 3.89. The van der Waals surface area contributed by atoms with E-state index in [0.717, 1.165) is 43.1 Å². The Hall–Kier alpha value is -1.62. The van der Waals surface area contributed by atoms with Gasteiger partial charge in [0.1, 0.15) is 11.6 Å². The standard InChI is InChI=1S/C19H22ClFN2O/c1-2-24-18-7-6-15(20)13-17(18)19(23-10-8-22-9-11-23)14-4-3-5-16(21)12-14/h3-7,12-13,19,22H,2,8-11H2,1H3. The summed E-state index contributed by atoms with van der Waals surface area (Å²) in [5.41, 5.74) is 1.90. The van der Waals surface area contributed by atoms with Gasteiger partial charge >= 0.3 is 0 Å². The summed E-state index contributed by atoms with van der Waals surface area (Å²) in [7, 11) is 0. The second kappa shape index (κ2) is 7.97. The van der Waals surface area contributed by atoms with Crippen molar-refractivity contribution in [1.82, 2.24) is 10.2 Å². The molecule has 2 aromatic rings. The molecule has 0 radical (unpaired) electrons. The van der Waals surface area contributed by atoms with Crippen LogP contribution in [-0.2, 0) is 0 Å². The number of hydrogen-bond donors (Lipinski definition) is 1. The summed E-state index contributed by atoms with van der Waals surface area (Å²) in [6, 6.07) is 12.4. The molecule has 1 N–H and O–H groups in total. The molecule has 0 spiro atoms. The van der Waals surface area contributed by atoms with Gasteiger partial charge in [-0.3, -0.25) is 4.90 Å². The fourth-order valence-corrected chi connectivity index (χ4v) is 3.40. The Morgan fingerprint density at radius 2 is 2.00 bits per heavy atom. The minimum absolute atomic E-state index is 0.0805. The Kier molecular flexibility index (Phi) is 5.72. The molecule has 24 heavy (non-hydrogen) atoms. The van der Waals surface area contributed by atoms with Gasteiger partial charge in [-0.15, -0.1) is 0 Å². The summed E-state index contributed by atoms with van der Waals surface area (Å²) in [5, 5.41) is 4.02. The van der Waals surface area contributed by atoms with E-state index in [1.165, 1.54) is 6.07 Å². The summed E-state index contributed by atoms with van der Waals surface area (Å²) >= 11 is 6.26. The van der Waals surface area contributed by atoms with Crippen molar-refractivity contribution in [1.29, 1.82) is 0 Å². The average molecular weight is 349 g/mol. The third-order valence-corrected chi connectivity index (χ3v) is 4.48. The molecule has 3 nitrogen and oxygen atoms in total. The highest BCUT2D eigenvalue weighted by atomic mass is 35.5. The van der Waals surface area contributed by atoms with Crippen LogP contribution in [-0.4, -0.2) is 37.7 Å². The van der Waals surface area contributed by atoms with Gasteiger partial charge in [-0.25, -0.2) is 4.39 Å². The molecule has 0 bridgehead atoms. The molecule has 1 fully saturated rings. The Labute approximate surface area is 147 Å². The van der Waals surface area contributed by atoms with Gasteiger partial charge in [0.25, 0.3) is 0 Å². The van der Waals surface area contributed by atoms with Crippen molar-refractivity contribution in [3.63, 3.8) is 0 Å². The van der Waals surface area contributed by atoms with Gasteiger partial charge in [-0.1, -0.05) is 23.7 Å². The predicted octanol–water partition coefficient (Wildman–Crippen LogP) is 3.87. The fourth-order valence-electron chi connectivity index (χ4n) is 3.22. The van der Waals surface area contributed by atoms with Gasteiger partial charge in [0.05, 0.1) is 12.6 Å². The largest absolute Gasteiger partial charge is 0.494 e. The third-order valence-electron chi connectivity index (χ3n) is 4.25. The first kappa shape index (κ1) is 17.2. The molecule has 1 aliphatic heterocycles. The van der Waals surface area contributed by atoms with Gasteiger partial charge < -0.3 is 10.1 Å². The average Bonchev–Trinajstić information content (AvgIpc) is 2.59. The van der Waals surface area contributed by atoms with E-state index in [1.807, 2.05) is 31.2 Å². The second-order valence-electron chi connectivity index (χ2n) is 5.86. The maximum atomic E-state index is 13.9. The summed E-state index contributed by atoms with van der Waals surface area (Å²) in [4.78, 5) is 2.35. The van der Waals surface area contributed by atoms with Crippen molar-refractivity contribution < 1.29 is 9.13 Å². The fraction of sp³-hybridized carbons (Fsp3) is 0.368. The molecule has 1 atom stereocenters. The lowest BCUT2D eigenvalue weighted by atomic mass is 9.95. The topological polar surface area (TPSA) is 24.5 Å². The molecule has 1 heterocycles. The molecular weight excluding hydrogens is 327 g/mol. The van der Waals surface area contributed by atoms with E-state index in [9.17, 15) is 4.39 Å². The number of benzene rings is 2. The highest BCUT2D eigenvalue weighted by molar-refractivity contribution is 6.30. The summed E-state index contributed by atoms with van der Waals surface area (Å²) in [5.74, 6) is 0.572. The Morgan fingerprint density at radius 1 is 1.21 bits per heavy atom. The monoisotopic (exact) mass is 348 g/mol. The van der Waals surface area contributed by atoms with Crippen molar-refractivity contribution in [2.75, 3.05) is 32.8 Å². The Balaban J connectivity index is 2.08. The van der Waals surface area contributed by atoms with Crippen LogP contribution < -0.4 is 10.1 Å². The number of nitrogens with one attached hydrogen (secondary N) is 1. The minimum atomic E-state index is -0.229. The first-order valence-electron chi connectivity index (χ1n) is 8.31. The zero-order valence-electron chi connectivity index (χ0n) is 13.8. The van der Waals surface area contributed by atoms with E-state index < -0.39 is 0 Å². The molecule has 0 aromatic heterocycles. The van der Waals surface area contributed by atoms with E-state index >= 15 is 0 Å². The molecule has 1 unspecified atom stereocenters. The van der Waals surface area contributed by atoms with Crippen molar-refractivity contribution in [3.8, 4) is 5.75 Å². The number of hydrogen-bond acceptors (Lipinski definition) is 3. The van der Waals surface area contributed by atoms with Gasteiger partial charge in [0, 0.05) is 36.8 Å². The van der Waals surface area contributed by atoms with Crippen LogP contribution in [0.5, 0.6) is 5.75 Å². The SMILES string of the molecule is CCOc1ccc(Cl)cc1C(c1cccc(F)c1)N1CCNCC1. The van der Waals surface area contributed by atoms with E-state index in [4.69, 9.17) is 16.3 Å². The second-order valence-corrected chi connectivity index (χ2v) is 6.30. The van der Waals surface area contributed by atoms with Crippen LogP contribution in [0.3, 0.4) is 0 Å². The maximum Gasteiger partial charge on any atom is 0.124 e. The van der Waals surface area contributed by atoms with Crippen LogP contribution in [0.2, 0.25) is 5.02 Å². The maximum absolute atomic E-state index is 13.9. The molecule has 0 amide bonds. The van der Waals surface area contributed by atoms with Gasteiger partial charge in [-0.05, 0) is 42.8 Å². The first-order valence-corrected chi connectivity index (χ1v) is 8.69. The number of piperazine rings is 1. The van der Waals surface area contributed by atoms with Crippen molar-refractivity contribution in [2.24, 2.45) is 0 Å². The van der Waals surface area contributed by atoms with Crippen molar-refractivity contribution in [2.45, 2.75) is 13.0 Å². The predicted molar refractivity (Wildman–Crippen MR) is 95.3 cm³/mol. The number of rotatable bonds is 5. The Bertz CT molecular complexity index is 689. The molecule has 1 aliphatic rings. The van der Waals surface area contributed by atoms with E-state index in [1.54, 1.807) is 12.1 Å². The van der Waals surface area contributed by atoms with Crippen molar-refractivity contribution >= 4 is 11.6 Å². The van der Waals surface area contributed by atoms with Crippen LogP contribution in [0.1, 0.15) is 24.1 Å². The summed E-state index contributed by atoms with van der Waals surface area (Å²) < 4.78 is 19.7. The molecule has 1 saturated heterocycles. The number of nitrogens with zero attached hydrogens (tertiary/aromatic N) is 1. The molecule has 3 rings (SSSR count). The normalized spacial score (nSPS) is 16.8. The van der Waals surface area contributed by atoms with Crippen LogP contribution in [0.4, 0.5) is 4.39 Å². The smallest absolute Gasteiger partial charge is 0.124 e. The number of halogens is 2. The van der Waals surface area contributed by atoms with Crippen molar-refractivity contribution in [3.05, 3.63) is 64.4 Å². The zero-order valence-corrected chi connectivity index (χ0v) is 14.5. The molecular formula is C19H22ClFN2O. The van der Waals surface area contributed by atoms with Gasteiger partial charge in [0.2, 0.25) is 0 Å². The zero-order chi connectivity index (χ0) is 16.9. The molecule has 128 valence electrons. The molecule has 2 aromatic carbocycles. The molecule has 5 heteroatoms. The Morgan fingerprint density at radius 3 is 2.71 bits per heavy atom. The molecule has 0 aliphatic carbocycles. The van der Waals surface area contributed by atoms with Gasteiger partial charge in [-0.2, -0.15) is 0 Å². The summed E-state index contributed by atoms with van der Waals surface area (Å²) in [6.45, 7) is 6.14. The quantitative estimate of drug-likeness (QED) is 0.887. The van der Waals surface area contributed by atoms with Crippen LogP contribution in [0.25, 0.3) is 0 Å². The lowest BCUT2D eigenvalue weighted by molar-refractivity contribution is 0.194.